The number of hydrogen-bond donors (Lipinski definition) is 2. The van der Waals surface area contributed by atoms with Crippen LogP contribution in [0.1, 0.15) is 42.2 Å². The van der Waals surface area contributed by atoms with Gasteiger partial charge in [0.1, 0.15) is 11.8 Å². The highest BCUT2D eigenvalue weighted by atomic mass is 16.5. The van der Waals surface area contributed by atoms with Crippen molar-refractivity contribution in [3.63, 3.8) is 0 Å². The van der Waals surface area contributed by atoms with Crippen molar-refractivity contribution in [3.8, 4) is 0 Å². The molecule has 0 spiro atoms. The van der Waals surface area contributed by atoms with Crippen LogP contribution in [0.4, 0.5) is 0 Å². The molecule has 23 heavy (non-hydrogen) atoms. The van der Waals surface area contributed by atoms with Crippen LogP contribution in [0.25, 0.3) is 0 Å². The minimum atomic E-state index is -0.141. The molecule has 1 aromatic heterocycles. The number of hydrogen-bond acceptors (Lipinski definition) is 5. The van der Waals surface area contributed by atoms with Gasteiger partial charge in [0, 0.05) is 12.6 Å². The van der Waals surface area contributed by atoms with Crippen molar-refractivity contribution in [2.75, 3.05) is 26.7 Å². The smallest absolute Gasteiger partial charge is 0.256 e. The molecule has 1 fully saturated rings. The van der Waals surface area contributed by atoms with Crippen LogP contribution < -0.4 is 10.6 Å². The zero-order valence-electron chi connectivity index (χ0n) is 14.1. The molecule has 2 amide bonds. The van der Waals surface area contributed by atoms with E-state index in [1.165, 1.54) is 6.26 Å². The predicted octanol–water partition coefficient (Wildman–Crippen LogP) is 0.949. The Bertz CT molecular complexity index is 537. The second-order valence-corrected chi connectivity index (χ2v) is 6.36. The fraction of sp³-hybridized carbons (Fsp3) is 0.688. The molecule has 2 N–H and O–H groups in total. The molecule has 1 aromatic rings. The molecule has 1 aliphatic carbocycles. The topological polar surface area (TPSA) is 87.5 Å². The van der Waals surface area contributed by atoms with Crippen LogP contribution in [0.2, 0.25) is 0 Å². The van der Waals surface area contributed by atoms with Gasteiger partial charge < -0.3 is 15.2 Å². The van der Waals surface area contributed by atoms with E-state index < -0.39 is 0 Å². The second kappa shape index (κ2) is 8.10. The first kappa shape index (κ1) is 17.5. The van der Waals surface area contributed by atoms with Gasteiger partial charge >= 0.3 is 0 Å². The summed E-state index contributed by atoms with van der Waals surface area (Å²) < 4.78 is 4.77. The van der Waals surface area contributed by atoms with E-state index in [2.05, 4.69) is 22.7 Å². The second-order valence-electron chi connectivity index (χ2n) is 6.36. The van der Waals surface area contributed by atoms with Crippen molar-refractivity contribution < 1.29 is 14.1 Å². The molecule has 0 aliphatic heterocycles. The highest BCUT2D eigenvalue weighted by Gasteiger charge is 2.31. The maximum atomic E-state index is 12.0. The van der Waals surface area contributed by atoms with Crippen molar-refractivity contribution in [2.24, 2.45) is 5.92 Å². The van der Waals surface area contributed by atoms with Gasteiger partial charge in [-0.15, -0.1) is 0 Å². The summed E-state index contributed by atoms with van der Waals surface area (Å²) in [5, 5.41) is 9.63. The average molecular weight is 322 g/mol. The molecular formula is C16H26N4O3. The Hall–Kier alpha value is -1.89. The Kier molecular flexibility index (Phi) is 6.15. The van der Waals surface area contributed by atoms with E-state index in [9.17, 15) is 9.59 Å². The maximum absolute atomic E-state index is 12.0. The van der Waals surface area contributed by atoms with E-state index in [1.807, 2.05) is 11.9 Å². The first-order valence-corrected chi connectivity index (χ1v) is 8.16. The van der Waals surface area contributed by atoms with Gasteiger partial charge in [0.05, 0.1) is 12.2 Å². The number of carbonyl (C=O) groups excluding carboxylic acids is 2. The summed E-state index contributed by atoms with van der Waals surface area (Å²) in [5.41, 5.74) is 1.09. The molecule has 0 aromatic carbocycles. The molecule has 1 aliphatic rings. The molecule has 0 radical (unpaired) electrons. The number of nitrogens with zero attached hydrogens (tertiary/aromatic N) is 2. The average Bonchev–Trinajstić information content (AvgIpc) is 2.87. The Morgan fingerprint density at radius 1 is 1.43 bits per heavy atom. The zero-order chi connectivity index (χ0) is 16.8. The quantitative estimate of drug-likeness (QED) is 0.744. The van der Waals surface area contributed by atoms with Crippen molar-refractivity contribution in [1.82, 2.24) is 20.7 Å². The molecule has 7 heteroatoms. The van der Waals surface area contributed by atoms with Crippen LogP contribution in [0.15, 0.2) is 10.8 Å². The van der Waals surface area contributed by atoms with Gasteiger partial charge in [0.25, 0.3) is 5.91 Å². The monoisotopic (exact) mass is 322 g/mol. The van der Waals surface area contributed by atoms with E-state index in [0.29, 0.717) is 30.3 Å². The Morgan fingerprint density at radius 3 is 2.78 bits per heavy atom. The lowest BCUT2D eigenvalue weighted by molar-refractivity contribution is -0.122. The molecule has 7 nitrogen and oxygen atoms in total. The van der Waals surface area contributed by atoms with E-state index >= 15 is 0 Å². The van der Waals surface area contributed by atoms with Crippen LogP contribution in [0.3, 0.4) is 0 Å². The summed E-state index contributed by atoms with van der Waals surface area (Å²) in [6, 6.07) is 0.168. The van der Waals surface area contributed by atoms with Gasteiger partial charge in [-0.05, 0) is 45.7 Å². The Labute approximate surface area is 136 Å². The number of rotatable bonds is 8. The van der Waals surface area contributed by atoms with Crippen molar-refractivity contribution in [2.45, 2.75) is 39.2 Å². The zero-order valence-corrected chi connectivity index (χ0v) is 14.1. The summed E-state index contributed by atoms with van der Waals surface area (Å²) in [4.78, 5) is 25.8. The highest BCUT2D eigenvalue weighted by molar-refractivity contribution is 5.95. The number of carbonyl (C=O) groups is 2. The van der Waals surface area contributed by atoms with Crippen LogP contribution in [-0.2, 0) is 4.79 Å². The molecule has 0 atom stereocenters. The Balaban J connectivity index is 1.61. The molecule has 0 unspecified atom stereocenters. The normalized spacial score (nSPS) is 20.2. The third-order valence-corrected chi connectivity index (χ3v) is 4.17. The summed E-state index contributed by atoms with van der Waals surface area (Å²) in [7, 11) is 1.95. The molecule has 0 bridgehead atoms. The van der Waals surface area contributed by atoms with Gasteiger partial charge in [-0.1, -0.05) is 12.1 Å². The van der Waals surface area contributed by atoms with Crippen LogP contribution in [0.5, 0.6) is 0 Å². The number of nitrogens with one attached hydrogen (secondary N) is 2. The first-order chi connectivity index (χ1) is 11.0. The van der Waals surface area contributed by atoms with E-state index in [0.717, 1.165) is 25.8 Å². The first-order valence-electron chi connectivity index (χ1n) is 8.16. The maximum Gasteiger partial charge on any atom is 0.256 e. The van der Waals surface area contributed by atoms with E-state index in [4.69, 9.17) is 4.52 Å². The van der Waals surface area contributed by atoms with Gasteiger partial charge in [0.15, 0.2) is 0 Å². The van der Waals surface area contributed by atoms with Crippen LogP contribution in [-0.4, -0.2) is 54.6 Å². The summed E-state index contributed by atoms with van der Waals surface area (Å²) in [6.45, 7) is 5.88. The lowest BCUT2D eigenvalue weighted by Crippen LogP contribution is -2.48. The molecule has 1 saturated carbocycles. The number of aromatic nitrogens is 1. The third-order valence-electron chi connectivity index (χ3n) is 4.17. The molecule has 0 saturated heterocycles. The van der Waals surface area contributed by atoms with E-state index in [1.54, 1.807) is 6.92 Å². The lowest BCUT2D eigenvalue weighted by atomic mass is 9.80. The van der Waals surface area contributed by atoms with Gasteiger partial charge in [-0.3, -0.25) is 14.5 Å². The van der Waals surface area contributed by atoms with Crippen molar-refractivity contribution in [3.05, 3.63) is 17.5 Å². The molecule has 128 valence electrons. The van der Waals surface area contributed by atoms with E-state index in [-0.39, 0.29) is 17.9 Å². The Morgan fingerprint density at radius 2 is 2.17 bits per heavy atom. The van der Waals surface area contributed by atoms with Gasteiger partial charge in [0.2, 0.25) is 5.91 Å². The van der Waals surface area contributed by atoms with Crippen LogP contribution >= 0.6 is 0 Å². The van der Waals surface area contributed by atoms with Crippen molar-refractivity contribution >= 4 is 11.8 Å². The fourth-order valence-corrected chi connectivity index (χ4v) is 2.81. The minimum absolute atomic E-state index is 0.0635. The number of likely N-dealkylation sites (N-methyl/N-ethyl adjacent to an activating group) is 1. The molecule has 1 heterocycles. The van der Waals surface area contributed by atoms with Gasteiger partial charge in [-0.25, -0.2) is 0 Å². The summed E-state index contributed by atoms with van der Waals surface area (Å²) in [6.07, 6.45) is 4.19. The summed E-state index contributed by atoms with van der Waals surface area (Å²) in [5.74, 6) is 0.357. The SMILES string of the molecule is CCCN(C)CC(=O)NCC1CC(NC(=O)c2conc2C)C1. The molecule has 2 rings (SSSR count). The van der Waals surface area contributed by atoms with Crippen molar-refractivity contribution in [1.29, 1.82) is 0 Å². The van der Waals surface area contributed by atoms with Crippen LogP contribution in [0, 0.1) is 12.8 Å². The largest absolute Gasteiger partial charge is 0.364 e. The molecular weight excluding hydrogens is 296 g/mol. The third kappa shape index (κ3) is 5.06. The number of amides is 2. The summed E-state index contributed by atoms with van der Waals surface area (Å²) >= 11 is 0. The fourth-order valence-electron chi connectivity index (χ4n) is 2.81. The minimum Gasteiger partial charge on any atom is -0.364 e. The lowest BCUT2D eigenvalue weighted by Gasteiger charge is -2.36. The number of aryl methyl sites for hydroxylation is 1. The highest BCUT2D eigenvalue weighted by Crippen LogP contribution is 2.27. The predicted molar refractivity (Wildman–Crippen MR) is 86.0 cm³/mol. The van der Waals surface area contributed by atoms with Gasteiger partial charge in [-0.2, -0.15) is 0 Å². The standard InChI is InChI=1S/C16H26N4O3/c1-4-5-20(3)9-15(21)17-8-12-6-13(7-12)18-16(22)14-10-23-19-11(14)2/h10,12-13H,4-9H2,1-3H3,(H,17,21)(H,18,22).